The summed E-state index contributed by atoms with van der Waals surface area (Å²) in [6.07, 6.45) is 0.818. The van der Waals surface area contributed by atoms with E-state index in [0.29, 0.717) is 0 Å². The van der Waals surface area contributed by atoms with E-state index >= 15 is 0 Å². The molecule has 0 N–H and O–H groups in total. The molecule has 0 bridgehead atoms. The molecule has 1 aliphatic heterocycles. The van der Waals surface area contributed by atoms with Crippen LogP contribution in [0.3, 0.4) is 0 Å². The van der Waals surface area contributed by atoms with Crippen LogP contribution in [0.25, 0.3) is 0 Å². The van der Waals surface area contributed by atoms with E-state index < -0.39 is 11.5 Å². The fourth-order valence-electron chi connectivity index (χ4n) is 2.12. The largest absolute Gasteiger partial charge is 0.491 e. The van der Waals surface area contributed by atoms with E-state index in [4.69, 9.17) is 4.74 Å². The molecule has 0 aromatic carbocycles. The van der Waals surface area contributed by atoms with Crippen molar-refractivity contribution in [3.8, 4) is 5.75 Å². The Kier molecular flexibility index (Phi) is 4.06. The number of pyridine rings is 1. The minimum absolute atomic E-state index is 0.0184. The molecule has 0 atom stereocenters. The van der Waals surface area contributed by atoms with E-state index in [2.05, 4.69) is 0 Å². The summed E-state index contributed by atoms with van der Waals surface area (Å²) in [5, 5.41) is 0. The molecule has 5 nitrogen and oxygen atoms in total. The van der Waals surface area contributed by atoms with Crippen LogP contribution < -0.4 is 10.3 Å². The Morgan fingerprint density at radius 2 is 2.05 bits per heavy atom. The fraction of sp³-hybridized carbons (Fsp3) is 0.538. The van der Waals surface area contributed by atoms with Crippen molar-refractivity contribution < 1.29 is 18.3 Å². The van der Waals surface area contributed by atoms with Gasteiger partial charge in [-0.05, 0) is 12.1 Å². The van der Waals surface area contributed by atoms with Crippen LogP contribution in [-0.4, -0.2) is 41.5 Å². The first-order valence-corrected chi connectivity index (χ1v) is 6.32. The van der Waals surface area contributed by atoms with Crippen molar-refractivity contribution in [1.29, 1.82) is 0 Å². The number of piperidine rings is 1. The van der Waals surface area contributed by atoms with Crippen LogP contribution in [-0.2, 0) is 11.3 Å². The molecule has 1 fully saturated rings. The molecule has 0 spiro atoms. The number of amides is 1. The third-order valence-electron chi connectivity index (χ3n) is 3.36. The Morgan fingerprint density at radius 3 is 2.65 bits per heavy atom. The topological polar surface area (TPSA) is 51.5 Å². The van der Waals surface area contributed by atoms with Crippen molar-refractivity contribution in [2.45, 2.75) is 25.3 Å². The number of aromatic nitrogens is 1. The van der Waals surface area contributed by atoms with Gasteiger partial charge in [-0.3, -0.25) is 9.59 Å². The molecule has 1 amide bonds. The normalized spacial score (nSPS) is 17.9. The summed E-state index contributed by atoms with van der Waals surface area (Å²) in [6.45, 7) is -0.128. The van der Waals surface area contributed by atoms with Gasteiger partial charge in [-0.25, -0.2) is 8.78 Å². The van der Waals surface area contributed by atoms with Crippen molar-refractivity contribution >= 4 is 5.91 Å². The van der Waals surface area contributed by atoms with Gasteiger partial charge in [-0.1, -0.05) is 0 Å². The molecule has 0 unspecified atom stereocenters. The Morgan fingerprint density at radius 1 is 1.40 bits per heavy atom. The summed E-state index contributed by atoms with van der Waals surface area (Å²) in [5.41, 5.74) is -0.411. The maximum atomic E-state index is 13.0. The Labute approximate surface area is 114 Å². The lowest BCUT2D eigenvalue weighted by atomic mass is 10.1. The standard InChI is InChI=1S/C13H16F2N2O3/c1-20-10-3-2-6-17(12(10)19)9-11(18)16-7-4-13(14,15)5-8-16/h2-3,6H,4-5,7-9H2,1H3. The lowest BCUT2D eigenvalue weighted by Crippen LogP contribution is -2.44. The molecule has 2 rings (SSSR count). The van der Waals surface area contributed by atoms with Crippen molar-refractivity contribution in [2.75, 3.05) is 20.2 Å². The fourth-order valence-corrected chi connectivity index (χ4v) is 2.12. The van der Waals surface area contributed by atoms with Crippen LogP contribution in [0.2, 0.25) is 0 Å². The van der Waals surface area contributed by atoms with E-state index in [1.807, 2.05) is 0 Å². The number of carbonyl (C=O) groups excluding carboxylic acids is 1. The molecule has 1 saturated heterocycles. The minimum Gasteiger partial charge on any atom is -0.491 e. The molecule has 20 heavy (non-hydrogen) atoms. The maximum absolute atomic E-state index is 13.0. The Hall–Kier alpha value is -1.92. The van der Waals surface area contributed by atoms with Crippen molar-refractivity contribution in [2.24, 2.45) is 0 Å². The lowest BCUT2D eigenvalue weighted by Gasteiger charge is -2.31. The highest BCUT2D eigenvalue weighted by atomic mass is 19.3. The van der Waals surface area contributed by atoms with E-state index in [1.54, 1.807) is 6.07 Å². The van der Waals surface area contributed by atoms with Crippen LogP contribution in [0.5, 0.6) is 5.75 Å². The number of methoxy groups -OCH3 is 1. The first-order valence-electron chi connectivity index (χ1n) is 6.32. The number of carbonyl (C=O) groups is 1. The van der Waals surface area contributed by atoms with Crippen LogP contribution >= 0.6 is 0 Å². The van der Waals surface area contributed by atoms with Gasteiger partial charge in [0.1, 0.15) is 6.54 Å². The number of nitrogens with zero attached hydrogens (tertiary/aromatic N) is 2. The second-order valence-corrected chi connectivity index (χ2v) is 4.75. The molecule has 110 valence electrons. The summed E-state index contributed by atoms with van der Waals surface area (Å²) in [5.74, 6) is -2.88. The van der Waals surface area contributed by atoms with Gasteiger partial charge in [0, 0.05) is 32.1 Å². The van der Waals surface area contributed by atoms with E-state index in [9.17, 15) is 18.4 Å². The molecular weight excluding hydrogens is 270 g/mol. The number of ether oxygens (including phenoxy) is 1. The second-order valence-electron chi connectivity index (χ2n) is 4.75. The Balaban J connectivity index is 2.04. The molecule has 1 aromatic rings. The van der Waals surface area contributed by atoms with Gasteiger partial charge >= 0.3 is 0 Å². The summed E-state index contributed by atoms with van der Waals surface area (Å²) < 4.78 is 32.1. The Bertz CT molecular complexity index is 547. The number of halogens is 2. The highest BCUT2D eigenvalue weighted by Crippen LogP contribution is 2.27. The summed E-state index contributed by atoms with van der Waals surface area (Å²) in [6, 6.07) is 3.10. The molecule has 2 heterocycles. The molecule has 1 aromatic heterocycles. The number of alkyl halides is 2. The number of hydrogen-bond acceptors (Lipinski definition) is 3. The van der Waals surface area contributed by atoms with Crippen LogP contribution in [0, 0.1) is 0 Å². The van der Waals surface area contributed by atoms with Gasteiger partial charge in [-0.15, -0.1) is 0 Å². The average molecular weight is 286 g/mol. The number of rotatable bonds is 3. The zero-order valence-electron chi connectivity index (χ0n) is 11.1. The highest BCUT2D eigenvalue weighted by Gasteiger charge is 2.35. The average Bonchev–Trinajstić information content (AvgIpc) is 2.41. The zero-order valence-corrected chi connectivity index (χ0v) is 11.1. The molecule has 0 radical (unpaired) electrons. The van der Waals surface area contributed by atoms with E-state index in [0.717, 1.165) is 0 Å². The number of likely N-dealkylation sites (tertiary alicyclic amines) is 1. The van der Waals surface area contributed by atoms with Gasteiger partial charge in [0.2, 0.25) is 5.91 Å². The minimum atomic E-state index is -2.69. The van der Waals surface area contributed by atoms with Gasteiger partial charge in [0.05, 0.1) is 7.11 Å². The molecule has 1 aliphatic rings. The summed E-state index contributed by atoms with van der Waals surface area (Å²) in [7, 11) is 1.37. The molecule has 0 saturated carbocycles. The first kappa shape index (κ1) is 14.5. The monoisotopic (exact) mass is 286 g/mol. The SMILES string of the molecule is COc1cccn(CC(=O)N2CCC(F)(F)CC2)c1=O. The second kappa shape index (κ2) is 5.60. The van der Waals surface area contributed by atoms with Gasteiger partial charge in [-0.2, -0.15) is 0 Å². The van der Waals surface area contributed by atoms with Crippen molar-refractivity contribution in [3.05, 3.63) is 28.7 Å². The van der Waals surface area contributed by atoms with Crippen molar-refractivity contribution in [1.82, 2.24) is 9.47 Å². The third kappa shape index (κ3) is 3.15. The molecular formula is C13H16F2N2O3. The van der Waals surface area contributed by atoms with Gasteiger partial charge in [0.25, 0.3) is 11.5 Å². The summed E-state index contributed by atoms with van der Waals surface area (Å²) >= 11 is 0. The van der Waals surface area contributed by atoms with Crippen LogP contribution in [0.15, 0.2) is 23.1 Å². The highest BCUT2D eigenvalue weighted by molar-refractivity contribution is 5.76. The molecule has 7 heteroatoms. The quantitative estimate of drug-likeness (QED) is 0.836. The van der Waals surface area contributed by atoms with Crippen LogP contribution in [0.4, 0.5) is 8.78 Å². The first-order chi connectivity index (χ1) is 9.43. The van der Waals surface area contributed by atoms with E-state index in [-0.39, 0.29) is 44.1 Å². The smallest absolute Gasteiger partial charge is 0.293 e. The maximum Gasteiger partial charge on any atom is 0.293 e. The predicted molar refractivity (Wildman–Crippen MR) is 68.0 cm³/mol. The predicted octanol–water partition coefficient (Wildman–Crippen LogP) is 1.11. The molecule has 0 aliphatic carbocycles. The van der Waals surface area contributed by atoms with Crippen LogP contribution in [0.1, 0.15) is 12.8 Å². The number of hydrogen-bond donors (Lipinski definition) is 0. The third-order valence-corrected chi connectivity index (χ3v) is 3.36. The van der Waals surface area contributed by atoms with Crippen molar-refractivity contribution in [3.63, 3.8) is 0 Å². The van der Waals surface area contributed by atoms with E-state index in [1.165, 1.54) is 28.8 Å². The van der Waals surface area contributed by atoms with Gasteiger partial charge < -0.3 is 14.2 Å². The van der Waals surface area contributed by atoms with Gasteiger partial charge in [0.15, 0.2) is 5.75 Å². The lowest BCUT2D eigenvalue weighted by molar-refractivity contribution is -0.137. The zero-order chi connectivity index (χ0) is 14.8. The summed E-state index contributed by atoms with van der Waals surface area (Å²) in [4.78, 5) is 25.2.